The van der Waals surface area contributed by atoms with Crippen molar-refractivity contribution in [2.45, 2.75) is 31.1 Å². The quantitative estimate of drug-likeness (QED) is 0.369. The first-order chi connectivity index (χ1) is 12.7. The Balaban J connectivity index is 0.00000261. The van der Waals surface area contributed by atoms with Crippen molar-refractivity contribution in [1.29, 1.82) is 0 Å². The van der Waals surface area contributed by atoms with Gasteiger partial charge in [0.25, 0.3) is 0 Å². The molecule has 0 unspecified atom stereocenters. The number of rotatable bonds is 6. The van der Waals surface area contributed by atoms with Crippen LogP contribution in [0.1, 0.15) is 31.2 Å². The number of nitrogens with zero attached hydrogens (tertiary/aromatic N) is 3. The third-order valence-electron chi connectivity index (χ3n) is 6.05. The van der Waals surface area contributed by atoms with E-state index in [-0.39, 0.29) is 29.4 Å². The molecule has 3 rings (SSSR count). The lowest BCUT2D eigenvalue weighted by molar-refractivity contribution is 0.243. The van der Waals surface area contributed by atoms with Crippen LogP contribution in [0.5, 0.6) is 0 Å². The molecule has 0 bridgehead atoms. The van der Waals surface area contributed by atoms with Crippen molar-refractivity contribution in [1.82, 2.24) is 20.4 Å². The summed E-state index contributed by atoms with van der Waals surface area (Å²) in [6.45, 7) is 7.75. The van der Waals surface area contributed by atoms with Crippen molar-refractivity contribution in [3.63, 3.8) is 0 Å². The summed E-state index contributed by atoms with van der Waals surface area (Å²) in [4.78, 5) is 9.41. The van der Waals surface area contributed by atoms with Crippen LogP contribution < -0.4 is 10.6 Å². The van der Waals surface area contributed by atoms with Crippen LogP contribution in [0, 0.1) is 0 Å². The molecule has 1 aromatic carbocycles. The zero-order valence-corrected chi connectivity index (χ0v) is 19.2. The number of likely N-dealkylation sites (N-methyl/N-ethyl adjacent to an activating group) is 1. The number of hydrogen-bond acceptors (Lipinski definition) is 3. The molecule has 152 valence electrons. The van der Waals surface area contributed by atoms with Gasteiger partial charge in [-0.05, 0) is 45.0 Å². The normalized spacial score (nSPS) is 20.9. The maximum absolute atomic E-state index is 4.42. The number of guanidine groups is 1. The molecule has 0 spiro atoms. The predicted octanol–water partition coefficient (Wildman–Crippen LogP) is 2.53. The third-order valence-corrected chi connectivity index (χ3v) is 6.05. The van der Waals surface area contributed by atoms with Crippen molar-refractivity contribution in [3.8, 4) is 0 Å². The largest absolute Gasteiger partial charge is 0.356 e. The minimum atomic E-state index is 0. The standard InChI is InChI=1S/C21H35N5.HI/c1-22-20(23-12-15-26-14-7-13-25(2)16-17-26)24-18-21(10-6-11-21)19-8-4-3-5-9-19;/h3-5,8-9H,6-7,10-18H2,1-2H3,(H2,22,23,24);1H. The fraction of sp³-hybridized carbons (Fsp3) is 0.667. The molecule has 1 saturated carbocycles. The number of aliphatic imine (C=N–C) groups is 1. The Bertz CT molecular complexity index is 573. The van der Waals surface area contributed by atoms with E-state index in [0.717, 1.165) is 25.6 Å². The number of halogens is 1. The van der Waals surface area contributed by atoms with Gasteiger partial charge in [-0.25, -0.2) is 0 Å². The van der Waals surface area contributed by atoms with Crippen LogP contribution in [0.15, 0.2) is 35.3 Å². The maximum atomic E-state index is 4.42. The van der Waals surface area contributed by atoms with E-state index in [9.17, 15) is 0 Å². The van der Waals surface area contributed by atoms with E-state index in [4.69, 9.17) is 0 Å². The number of hydrogen-bond donors (Lipinski definition) is 2. The van der Waals surface area contributed by atoms with Gasteiger partial charge in [-0.2, -0.15) is 0 Å². The van der Waals surface area contributed by atoms with Crippen LogP contribution in [-0.2, 0) is 5.41 Å². The summed E-state index contributed by atoms with van der Waals surface area (Å²) in [6, 6.07) is 11.0. The molecule has 27 heavy (non-hydrogen) atoms. The smallest absolute Gasteiger partial charge is 0.191 e. The van der Waals surface area contributed by atoms with E-state index < -0.39 is 0 Å². The highest BCUT2D eigenvalue weighted by Crippen LogP contribution is 2.43. The van der Waals surface area contributed by atoms with Crippen LogP contribution in [0.2, 0.25) is 0 Å². The molecule has 6 heteroatoms. The van der Waals surface area contributed by atoms with Gasteiger partial charge in [0.1, 0.15) is 0 Å². The lowest BCUT2D eigenvalue weighted by Gasteiger charge is -2.43. The fourth-order valence-corrected chi connectivity index (χ4v) is 4.09. The van der Waals surface area contributed by atoms with E-state index >= 15 is 0 Å². The van der Waals surface area contributed by atoms with Gasteiger partial charge in [0.15, 0.2) is 5.96 Å². The second kappa shape index (κ2) is 11.2. The van der Waals surface area contributed by atoms with Crippen LogP contribution in [0.25, 0.3) is 0 Å². The second-order valence-corrected chi connectivity index (χ2v) is 7.85. The van der Waals surface area contributed by atoms with Crippen molar-refractivity contribution < 1.29 is 0 Å². The van der Waals surface area contributed by atoms with E-state index in [2.05, 4.69) is 62.8 Å². The van der Waals surface area contributed by atoms with Crippen LogP contribution in [0.3, 0.4) is 0 Å². The van der Waals surface area contributed by atoms with Crippen LogP contribution in [-0.4, -0.2) is 75.7 Å². The lowest BCUT2D eigenvalue weighted by Crippen LogP contribution is -2.49. The molecule has 2 N–H and O–H groups in total. The average molecular weight is 485 g/mol. The van der Waals surface area contributed by atoms with E-state index in [0.29, 0.717) is 0 Å². The molecular formula is C21H36IN5. The minimum absolute atomic E-state index is 0. The van der Waals surface area contributed by atoms with Crippen LogP contribution in [0.4, 0.5) is 0 Å². The maximum Gasteiger partial charge on any atom is 0.191 e. The topological polar surface area (TPSA) is 42.9 Å². The Morgan fingerprint density at radius 1 is 1.04 bits per heavy atom. The predicted molar refractivity (Wildman–Crippen MR) is 125 cm³/mol. The second-order valence-electron chi connectivity index (χ2n) is 7.85. The van der Waals surface area contributed by atoms with E-state index in [1.54, 1.807) is 0 Å². The Morgan fingerprint density at radius 2 is 1.81 bits per heavy atom. The zero-order chi connectivity index (χ0) is 18.2. The first-order valence-electron chi connectivity index (χ1n) is 10.1. The van der Waals surface area contributed by atoms with Crippen molar-refractivity contribution in [2.75, 3.05) is 59.9 Å². The molecular weight excluding hydrogens is 449 g/mol. The third kappa shape index (κ3) is 6.32. The zero-order valence-electron chi connectivity index (χ0n) is 16.9. The van der Waals surface area contributed by atoms with Gasteiger partial charge in [-0.1, -0.05) is 36.8 Å². The van der Waals surface area contributed by atoms with Gasteiger partial charge in [0.2, 0.25) is 0 Å². The highest BCUT2D eigenvalue weighted by atomic mass is 127. The highest BCUT2D eigenvalue weighted by molar-refractivity contribution is 14.0. The molecule has 0 radical (unpaired) electrons. The summed E-state index contributed by atoms with van der Waals surface area (Å²) < 4.78 is 0. The Morgan fingerprint density at radius 3 is 2.48 bits per heavy atom. The fourth-order valence-electron chi connectivity index (χ4n) is 4.09. The number of nitrogens with one attached hydrogen (secondary N) is 2. The van der Waals surface area contributed by atoms with Gasteiger partial charge in [-0.3, -0.25) is 4.99 Å². The summed E-state index contributed by atoms with van der Waals surface area (Å²) in [5.41, 5.74) is 1.75. The van der Waals surface area contributed by atoms with Crippen molar-refractivity contribution >= 4 is 29.9 Å². The SMILES string of the molecule is CN=C(NCCN1CCCN(C)CC1)NCC1(c2ccccc2)CCC1.I. The molecule has 0 atom stereocenters. The van der Waals surface area contributed by atoms with Crippen LogP contribution >= 0.6 is 24.0 Å². The summed E-state index contributed by atoms with van der Waals surface area (Å²) in [6.07, 6.45) is 5.12. The molecule has 0 aromatic heterocycles. The van der Waals surface area contributed by atoms with Gasteiger partial charge < -0.3 is 20.4 Å². The molecule has 1 saturated heterocycles. The molecule has 0 amide bonds. The van der Waals surface area contributed by atoms with Crippen molar-refractivity contribution in [2.24, 2.45) is 4.99 Å². The molecule has 1 aliphatic carbocycles. The Labute approximate surface area is 182 Å². The minimum Gasteiger partial charge on any atom is -0.356 e. The summed E-state index contributed by atoms with van der Waals surface area (Å²) in [7, 11) is 4.09. The molecule has 5 nitrogen and oxygen atoms in total. The van der Waals surface area contributed by atoms with Gasteiger partial charge in [0.05, 0.1) is 0 Å². The number of benzene rings is 1. The molecule has 1 aromatic rings. The summed E-state index contributed by atoms with van der Waals surface area (Å²) >= 11 is 0. The molecule has 2 fully saturated rings. The highest BCUT2D eigenvalue weighted by Gasteiger charge is 2.38. The molecule has 1 heterocycles. The van der Waals surface area contributed by atoms with Gasteiger partial charge >= 0.3 is 0 Å². The van der Waals surface area contributed by atoms with E-state index in [1.807, 2.05) is 7.05 Å². The van der Waals surface area contributed by atoms with E-state index in [1.165, 1.54) is 57.4 Å². The Kier molecular flexibility index (Phi) is 9.32. The molecule has 2 aliphatic rings. The Hall–Kier alpha value is -0.860. The first-order valence-corrected chi connectivity index (χ1v) is 10.1. The van der Waals surface area contributed by atoms with Gasteiger partial charge in [-0.15, -0.1) is 24.0 Å². The van der Waals surface area contributed by atoms with Gasteiger partial charge in [0, 0.05) is 45.2 Å². The van der Waals surface area contributed by atoms with Crippen molar-refractivity contribution in [3.05, 3.63) is 35.9 Å². The summed E-state index contributed by atoms with van der Waals surface area (Å²) in [5, 5.41) is 7.08. The first kappa shape index (κ1) is 22.4. The average Bonchev–Trinajstić information content (AvgIpc) is 2.84. The lowest BCUT2D eigenvalue weighted by atomic mass is 9.64. The molecule has 1 aliphatic heterocycles. The monoisotopic (exact) mass is 485 g/mol. The summed E-state index contributed by atoms with van der Waals surface area (Å²) in [5.74, 6) is 0.930.